The maximum absolute atomic E-state index is 12.0. The van der Waals surface area contributed by atoms with Crippen molar-refractivity contribution >= 4 is 5.91 Å². The molecule has 0 spiro atoms. The van der Waals surface area contributed by atoms with Crippen LogP contribution in [0.15, 0.2) is 12.5 Å². The Morgan fingerprint density at radius 1 is 1.53 bits per heavy atom. The van der Waals surface area contributed by atoms with E-state index in [1.807, 2.05) is 31.5 Å². The van der Waals surface area contributed by atoms with Gasteiger partial charge in [0.25, 0.3) is 0 Å². The van der Waals surface area contributed by atoms with Crippen molar-refractivity contribution in [2.24, 2.45) is 0 Å². The molecule has 1 atom stereocenters. The Morgan fingerprint density at radius 2 is 2.24 bits per heavy atom. The Balaban J connectivity index is 2.10. The molecule has 1 aliphatic rings. The van der Waals surface area contributed by atoms with Crippen molar-refractivity contribution in [3.63, 3.8) is 0 Å². The fourth-order valence-corrected chi connectivity index (χ4v) is 1.98. The summed E-state index contributed by atoms with van der Waals surface area (Å²) >= 11 is 0. The van der Waals surface area contributed by atoms with E-state index in [0.29, 0.717) is 5.92 Å². The predicted octanol–water partition coefficient (Wildman–Crippen LogP) is 0.655. The third kappa shape index (κ3) is 2.49. The Labute approximate surface area is 102 Å². The number of rotatable bonds is 4. The van der Waals surface area contributed by atoms with Gasteiger partial charge in [0.1, 0.15) is 6.04 Å². The summed E-state index contributed by atoms with van der Waals surface area (Å²) in [5, 5.41) is 6.17. The van der Waals surface area contributed by atoms with Crippen LogP contribution in [0.25, 0.3) is 0 Å². The quantitative estimate of drug-likeness (QED) is 0.807. The maximum Gasteiger partial charge on any atom is 0.243 e. The Hall–Kier alpha value is -1.36. The summed E-state index contributed by atoms with van der Waals surface area (Å²) in [6.45, 7) is 7.80. The molecule has 1 saturated heterocycles. The second-order valence-corrected chi connectivity index (χ2v) is 4.92. The van der Waals surface area contributed by atoms with Gasteiger partial charge in [0.15, 0.2) is 0 Å². The number of hydrogen-bond acceptors (Lipinski definition) is 3. The number of aromatic nitrogens is 2. The maximum atomic E-state index is 12.0. The van der Waals surface area contributed by atoms with Gasteiger partial charge in [0, 0.05) is 36.9 Å². The minimum Gasteiger partial charge on any atom is -0.352 e. The molecule has 94 valence electrons. The first kappa shape index (κ1) is 12.1. The number of carbonyl (C=O) groups excluding carboxylic acids is 1. The van der Waals surface area contributed by atoms with Gasteiger partial charge in [-0.1, -0.05) is 0 Å². The molecule has 2 rings (SSSR count). The fraction of sp³-hybridized carbons (Fsp3) is 0.667. The zero-order valence-corrected chi connectivity index (χ0v) is 10.6. The monoisotopic (exact) mass is 236 g/mol. The van der Waals surface area contributed by atoms with Crippen molar-refractivity contribution in [2.75, 3.05) is 13.1 Å². The van der Waals surface area contributed by atoms with Crippen LogP contribution in [-0.2, 0) is 4.79 Å². The molecule has 5 nitrogen and oxygen atoms in total. The first-order valence-corrected chi connectivity index (χ1v) is 6.12. The number of hydrogen-bond donors (Lipinski definition) is 2. The smallest absolute Gasteiger partial charge is 0.243 e. The molecule has 17 heavy (non-hydrogen) atoms. The summed E-state index contributed by atoms with van der Waals surface area (Å²) in [7, 11) is 0. The number of amides is 1. The van der Waals surface area contributed by atoms with Crippen molar-refractivity contribution in [1.29, 1.82) is 0 Å². The molecule has 5 heteroatoms. The molecule has 1 aliphatic heterocycles. The van der Waals surface area contributed by atoms with E-state index in [4.69, 9.17) is 0 Å². The van der Waals surface area contributed by atoms with Crippen LogP contribution >= 0.6 is 0 Å². The average molecular weight is 236 g/mol. The van der Waals surface area contributed by atoms with Gasteiger partial charge in [-0.25, -0.2) is 4.98 Å². The molecule has 2 heterocycles. The summed E-state index contributed by atoms with van der Waals surface area (Å²) in [5.41, 5.74) is 1.15. The van der Waals surface area contributed by atoms with Crippen molar-refractivity contribution in [1.82, 2.24) is 20.2 Å². The molecule has 2 N–H and O–H groups in total. The lowest BCUT2D eigenvalue weighted by Gasteiger charge is -2.29. The highest BCUT2D eigenvalue weighted by molar-refractivity contribution is 5.80. The van der Waals surface area contributed by atoms with E-state index in [9.17, 15) is 4.79 Å². The van der Waals surface area contributed by atoms with Gasteiger partial charge in [0.2, 0.25) is 5.91 Å². The topological polar surface area (TPSA) is 59.0 Å². The molecule has 0 radical (unpaired) electrons. The Kier molecular flexibility index (Phi) is 3.47. The van der Waals surface area contributed by atoms with Gasteiger partial charge in [-0.2, -0.15) is 0 Å². The summed E-state index contributed by atoms with van der Waals surface area (Å²) in [4.78, 5) is 16.1. The van der Waals surface area contributed by atoms with E-state index in [1.54, 1.807) is 6.33 Å². The van der Waals surface area contributed by atoms with Crippen molar-refractivity contribution in [3.05, 3.63) is 18.2 Å². The van der Waals surface area contributed by atoms with Crippen molar-refractivity contribution < 1.29 is 4.79 Å². The van der Waals surface area contributed by atoms with E-state index in [2.05, 4.69) is 15.6 Å². The van der Waals surface area contributed by atoms with Crippen molar-refractivity contribution in [3.8, 4) is 0 Å². The second-order valence-electron chi connectivity index (χ2n) is 4.92. The first-order valence-electron chi connectivity index (χ1n) is 6.12. The normalized spacial score (nSPS) is 17.9. The molecule has 0 saturated carbocycles. The predicted molar refractivity (Wildman–Crippen MR) is 65.8 cm³/mol. The van der Waals surface area contributed by atoms with Crippen LogP contribution in [0.3, 0.4) is 0 Å². The number of carbonyl (C=O) groups is 1. The zero-order chi connectivity index (χ0) is 12.4. The standard InChI is InChI=1S/C12H20N4O/c1-8(2)15-12(17)9(3)16-7-14-6-11(16)10-4-13-5-10/h6-10,13H,4-5H2,1-3H3,(H,15,17). The largest absolute Gasteiger partial charge is 0.352 e. The number of nitrogens with zero attached hydrogens (tertiary/aromatic N) is 2. The first-order chi connectivity index (χ1) is 8.09. The van der Waals surface area contributed by atoms with Crippen LogP contribution in [0.5, 0.6) is 0 Å². The lowest BCUT2D eigenvalue weighted by atomic mass is 9.99. The zero-order valence-electron chi connectivity index (χ0n) is 10.6. The minimum absolute atomic E-state index is 0.0477. The molecular weight excluding hydrogens is 216 g/mol. The van der Waals surface area contributed by atoms with Gasteiger partial charge in [-0.05, 0) is 20.8 Å². The van der Waals surface area contributed by atoms with Gasteiger partial charge < -0.3 is 15.2 Å². The van der Waals surface area contributed by atoms with Gasteiger partial charge in [-0.15, -0.1) is 0 Å². The van der Waals surface area contributed by atoms with Gasteiger partial charge in [-0.3, -0.25) is 4.79 Å². The highest BCUT2D eigenvalue weighted by Crippen LogP contribution is 2.22. The van der Waals surface area contributed by atoms with E-state index >= 15 is 0 Å². The van der Waals surface area contributed by atoms with Crippen LogP contribution in [0.4, 0.5) is 0 Å². The average Bonchev–Trinajstić information content (AvgIpc) is 2.61. The molecule has 1 fully saturated rings. The molecule has 0 aromatic carbocycles. The fourth-order valence-electron chi connectivity index (χ4n) is 1.98. The van der Waals surface area contributed by atoms with E-state index < -0.39 is 0 Å². The molecule has 1 aromatic rings. The molecule has 1 amide bonds. The summed E-state index contributed by atoms with van der Waals surface area (Å²) in [6.07, 6.45) is 3.61. The van der Waals surface area contributed by atoms with E-state index in [-0.39, 0.29) is 18.0 Å². The highest BCUT2D eigenvalue weighted by Gasteiger charge is 2.26. The molecule has 1 aromatic heterocycles. The second kappa shape index (κ2) is 4.87. The van der Waals surface area contributed by atoms with Crippen LogP contribution in [-0.4, -0.2) is 34.6 Å². The van der Waals surface area contributed by atoms with Crippen LogP contribution in [0, 0.1) is 0 Å². The third-order valence-corrected chi connectivity index (χ3v) is 3.12. The molecule has 1 unspecified atom stereocenters. The van der Waals surface area contributed by atoms with E-state index in [0.717, 1.165) is 18.8 Å². The summed E-state index contributed by atoms with van der Waals surface area (Å²) in [5.74, 6) is 0.540. The molecule has 0 aliphatic carbocycles. The van der Waals surface area contributed by atoms with E-state index in [1.165, 1.54) is 0 Å². The minimum atomic E-state index is -0.199. The Bertz CT molecular complexity index is 395. The van der Waals surface area contributed by atoms with Crippen molar-refractivity contribution in [2.45, 2.75) is 38.8 Å². The van der Waals surface area contributed by atoms with Crippen LogP contribution < -0.4 is 10.6 Å². The summed E-state index contributed by atoms with van der Waals surface area (Å²) in [6, 6.07) is -0.0298. The lowest BCUT2D eigenvalue weighted by molar-refractivity contribution is -0.124. The SMILES string of the molecule is CC(C)NC(=O)C(C)n1cncc1C1CNC1. The Morgan fingerprint density at radius 3 is 2.76 bits per heavy atom. The van der Waals surface area contributed by atoms with Crippen LogP contribution in [0.1, 0.15) is 38.4 Å². The van der Waals surface area contributed by atoms with Gasteiger partial charge >= 0.3 is 0 Å². The highest BCUT2D eigenvalue weighted by atomic mass is 16.2. The number of nitrogens with one attached hydrogen (secondary N) is 2. The van der Waals surface area contributed by atoms with Crippen LogP contribution in [0.2, 0.25) is 0 Å². The lowest BCUT2D eigenvalue weighted by Crippen LogP contribution is -2.42. The number of imidazole rings is 1. The summed E-state index contributed by atoms with van der Waals surface area (Å²) < 4.78 is 1.98. The molecular formula is C12H20N4O. The molecule has 0 bridgehead atoms. The third-order valence-electron chi connectivity index (χ3n) is 3.12. The van der Waals surface area contributed by atoms with Gasteiger partial charge in [0.05, 0.1) is 6.33 Å².